The van der Waals surface area contributed by atoms with Crippen LogP contribution < -0.4 is 0 Å². The van der Waals surface area contributed by atoms with E-state index in [-0.39, 0.29) is 5.82 Å². The van der Waals surface area contributed by atoms with E-state index in [4.69, 9.17) is 0 Å². The van der Waals surface area contributed by atoms with Gasteiger partial charge in [0.15, 0.2) is 0 Å². The molecule has 0 spiro atoms. The van der Waals surface area contributed by atoms with Gasteiger partial charge in [-0.2, -0.15) is 0 Å². The van der Waals surface area contributed by atoms with Crippen molar-refractivity contribution < 1.29 is 4.39 Å². The van der Waals surface area contributed by atoms with Gasteiger partial charge in [0.2, 0.25) is 0 Å². The molecule has 1 radical (unpaired) electrons. The van der Waals surface area contributed by atoms with E-state index in [2.05, 4.69) is 29.8 Å². The summed E-state index contributed by atoms with van der Waals surface area (Å²) < 4.78 is 13.7. The van der Waals surface area contributed by atoms with Crippen molar-refractivity contribution in [2.24, 2.45) is 5.92 Å². The van der Waals surface area contributed by atoms with E-state index >= 15 is 0 Å². The van der Waals surface area contributed by atoms with Crippen LogP contribution in [0.5, 0.6) is 0 Å². The molecule has 65 valence electrons. The van der Waals surface area contributed by atoms with Gasteiger partial charge in [-0.05, 0) is 36.1 Å². The highest BCUT2D eigenvalue weighted by atomic mass is 79.9. The Kier molecular flexibility index (Phi) is 3.27. The summed E-state index contributed by atoms with van der Waals surface area (Å²) >= 11 is 3.36. The van der Waals surface area contributed by atoms with Crippen LogP contribution in [-0.2, 0) is 0 Å². The van der Waals surface area contributed by atoms with Crippen molar-refractivity contribution in [1.82, 2.24) is 0 Å². The Morgan fingerprint density at radius 1 is 1.42 bits per heavy atom. The van der Waals surface area contributed by atoms with Gasteiger partial charge in [0.05, 0.1) is 0 Å². The Hall–Kier alpha value is -0.370. The first kappa shape index (κ1) is 9.72. The minimum absolute atomic E-state index is 0.190. The number of halogens is 2. The molecule has 0 aliphatic heterocycles. The van der Waals surface area contributed by atoms with Crippen molar-refractivity contribution in [3.05, 3.63) is 40.5 Å². The highest BCUT2D eigenvalue weighted by Crippen LogP contribution is 2.22. The Morgan fingerprint density at radius 2 is 2.08 bits per heavy atom. The smallest absolute Gasteiger partial charge is 0.123 e. The summed E-state index contributed by atoms with van der Waals surface area (Å²) in [6.07, 6.45) is 2.02. The molecular formula is C10H11BrF. The molecule has 0 N–H and O–H groups in total. The lowest BCUT2D eigenvalue weighted by Gasteiger charge is -2.06. The molecule has 0 nitrogen and oxygen atoms in total. The van der Waals surface area contributed by atoms with E-state index in [1.54, 1.807) is 6.07 Å². The predicted octanol–water partition coefficient (Wildman–Crippen LogP) is 3.80. The monoisotopic (exact) mass is 229 g/mol. The second-order valence-electron chi connectivity index (χ2n) is 3.08. The van der Waals surface area contributed by atoms with Gasteiger partial charge >= 0.3 is 0 Å². The molecule has 2 heteroatoms. The zero-order valence-electron chi connectivity index (χ0n) is 7.14. The minimum atomic E-state index is -0.190. The number of hydrogen-bond donors (Lipinski definition) is 0. The lowest BCUT2D eigenvalue weighted by Crippen LogP contribution is -1.92. The molecule has 0 saturated heterocycles. The third-order valence-corrected chi connectivity index (χ3v) is 2.19. The summed E-state index contributed by atoms with van der Waals surface area (Å²) in [7, 11) is 0. The quantitative estimate of drug-likeness (QED) is 0.724. The van der Waals surface area contributed by atoms with E-state index in [1.165, 1.54) is 12.1 Å². The van der Waals surface area contributed by atoms with Crippen LogP contribution in [0.2, 0.25) is 0 Å². The van der Waals surface area contributed by atoms with Crippen molar-refractivity contribution in [2.75, 3.05) is 0 Å². The summed E-state index contributed by atoms with van der Waals surface area (Å²) in [6, 6.07) is 4.70. The third-order valence-electron chi connectivity index (χ3n) is 1.47. The summed E-state index contributed by atoms with van der Waals surface area (Å²) in [4.78, 5) is 0. The lowest BCUT2D eigenvalue weighted by molar-refractivity contribution is 0.625. The minimum Gasteiger partial charge on any atom is -0.207 e. The molecule has 1 aromatic carbocycles. The Bertz CT molecular complexity index is 269. The maximum absolute atomic E-state index is 12.8. The molecule has 0 aromatic heterocycles. The Balaban J connectivity index is 2.90. The molecule has 12 heavy (non-hydrogen) atoms. The number of hydrogen-bond acceptors (Lipinski definition) is 0. The van der Waals surface area contributed by atoms with E-state index in [1.807, 2.05) is 6.42 Å². The fourth-order valence-electron chi connectivity index (χ4n) is 1.00. The first-order chi connectivity index (χ1) is 5.59. The van der Waals surface area contributed by atoms with E-state index in [0.29, 0.717) is 5.92 Å². The molecule has 0 aliphatic carbocycles. The first-order valence-corrected chi connectivity index (χ1v) is 4.69. The molecule has 0 unspecified atom stereocenters. The largest absolute Gasteiger partial charge is 0.207 e. The molecule has 0 bridgehead atoms. The third kappa shape index (κ3) is 2.59. The van der Waals surface area contributed by atoms with Crippen molar-refractivity contribution in [1.29, 1.82) is 0 Å². The van der Waals surface area contributed by atoms with Gasteiger partial charge in [0, 0.05) is 4.47 Å². The van der Waals surface area contributed by atoms with Crippen LogP contribution in [0.15, 0.2) is 22.7 Å². The van der Waals surface area contributed by atoms with Crippen molar-refractivity contribution in [3.63, 3.8) is 0 Å². The summed E-state index contributed by atoms with van der Waals surface area (Å²) in [6.45, 7) is 4.13. The van der Waals surface area contributed by atoms with Crippen LogP contribution >= 0.6 is 15.9 Å². The van der Waals surface area contributed by atoms with Gasteiger partial charge in [-0.1, -0.05) is 29.8 Å². The van der Waals surface area contributed by atoms with Crippen molar-refractivity contribution >= 4 is 15.9 Å². The van der Waals surface area contributed by atoms with Gasteiger partial charge in [-0.15, -0.1) is 0 Å². The van der Waals surface area contributed by atoms with Gasteiger partial charge in [0.1, 0.15) is 5.82 Å². The van der Waals surface area contributed by atoms with Gasteiger partial charge in [0.25, 0.3) is 0 Å². The number of rotatable bonds is 2. The topological polar surface area (TPSA) is 0 Å². The van der Waals surface area contributed by atoms with Gasteiger partial charge in [-0.3, -0.25) is 0 Å². The molecule has 0 atom stereocenters. The van der Waals surface area contributed by atoms with Gasteiger partial charge in [-0.25, -0.2) is 4.39 Å². The normalized spacial score (nSPS) is 10.8. The molecule has 0 aliphatic rings. The highest BCUT2D eigenvalue weighted by Gasteiger charge is 2.03. The van der Waals surface area contributed by atoms with E-state index in [9.17, 15) is 4.39 Å². The molecule has 1 rings (SSSR count). The second-order valence-corrected chi connectivity index (χ2v) is 3.93. The molecule has 0 saturated carbocycles. The molecule has 0 heterocycles. The zero-order chi connectivity index (χ0) is 9.14. The lowest BCUT2D eigenvalue weighted by atomic mass is 10.0. The van der Waals surface area contributed by atoms with Crippen LogP contribution in [0.4, 0.5) is 4.39 Å². The van der Waals surface area contributed by atoms with E-state index in [0.717, 1.165) is 10.0 Å². The molecule has 0 amide bonds. The SMILES string of the molecule is CC(C)[CH]c1cc(F)ccc1Br. The average molecular weight is 230 g/mol. The average Bonchev–Trinajstić information content (AvgIpc) is 1.96. The Morgan fingerprint density at radius 3 is 2.67 bits per heavy atom. The Labute approximate surface area is 80.9 Å². The van der Waals surface area contributed by atoms with Crippen LogP contribution in [0.3, 0.4) is 0 Å². The van der Waals surface area contributed by atoms with Crippen LogP contribution in [0.1, 0.15) is 19.4 Å². The zero-order valence-corrected chi connectivity index (χ0v) is 8.73. The maximum Gasteiger partial charge on any atom is 0.123 e. The van der Waals surface area contributed by atoms with Crippen LogP contribution in [0.25, 0.3) is 0 Å². The first-order valence-electron chi connectivity index (χ1n) is 3.89. The summed E-state index contributed by atoms with van der Waals surface area (Å²) in [5.41, 5.74) is 0.921. The molecular weight excluding hydrogens is 219 g/mol. The van der Waals surface area contributed by atoms with Crippen LogP contribution in [-0.4, -0.2) is 0 Å². The highest BCUT2D eigenvalue weighted by molar-refractivity contribution is 9.10. The van der Waals surface area contributed by atoms with Gasteiger partial charge < -0.3 is 0 Å². The standard InChI is InChI=1S/C10H11BrF/c1-7(2)5-8-6-9(12)3-4-10(8)11/h3-7H,1-2H3. The maximum atomic E-state index is 12.8. The fraction of sp³-hybridized carbons (Fsp3) is 0.300. The van der Waals surface area contributed by atoms with Crippen molar-refractivity contribution in [2.45, 2.75) is 13.8 Å². The summed E-state index contributed by atoms with van der Waals surface area (Å²) in [5, 5.41) is 0. The second kappa shape index (κ2) is 4.04. The van der Waals surface area contributed by atoms with E-state index < -0.39 is 0 Å². The fourth-order valence-corrected chi connectivity index (χ4v) is 1.38. The molecule has 1 aromatic rings. The molecule has 0 fully saturated rings. The predicted molar refractivity (Wildman–Crippen MR) is 52.3 cm³/mol. The van der Waals surface area contributed by atoms with Crippen molar-refractivity contribution in [3.8, 4) is 0 Å². The number of benzene rings is 1. The van der Waals surface area contributed by atoms with Crippen LogP contribution in [0, 0.1) is 18.2 Å². The summed E-state index contributed by atoms with van der Waals surface area (Å²) in [5.74, 6) is 0.244.